The van der Waals surface area contributed by atoms with Gasteiger partial charge in [-0.15, -0.1) is 0 Å². The third-order valence-corrected chi connectivity index (χ3v) is 12.3. The first-order chi connectivity index (χ1) is 33.6. The van der Waals surface area contributed by atoms with E-state index in [1.807, 2.05) is 54.6 Å². The number of rotatable bonds is 9. The predicted molar refractivity (Wildman–Crippen MR) is 261 cm³/mol. The molecule has 6 heterocycles. The van der Waals surface area contributed by atoms with Crippen LogP contribution < -0.4 is 14.7 Å². The van der Waals surface area contributed by atoms with Crippen molar-refractivity contribution in [3.8, 4) is 34.4 Å². The Labute approximate surface area is 394 Å². The molecule has 3 aromatic heterocycles. The van der Waals surface area contributed by atoms with Crippen LogP contribution in [0.25, 0.3) is 67.7 Å². The second kappa shape index (κ2) is 19.4. The van der Waals surface area contributed by atoms with Crippen molar-refractivity contribution in [1.29, 1.82) is 0 Å². The SMILES string of the molecule is O=C(O)c1ccc2oc(-c3ccc(N4CCOCC4)cc3)nc2c1.O=C(O)c1cccc(-c2nc3ccc(N4CCC4)cc3o2)c1.O=C(O)c1cccc(-c2nc3ccc(N4CCCC4)cc3o2)c1. The summed E-state index contributed by atoms with van der Waals surface area (Å²) in [4.78, 5) is 53.4. The molecule has 16 nitrogen and oxygen atoms in total. The van der Waals surface area contributed by atoms with Crippen molar-refractivity contribution < 1.29 is 47.7 Å². The van der Waals surface area contributed by atoms with Gasteiger partial charge in [0.25, 0.3) is 0 Å². The molecule has 348 valence electrons. The minimum atomic E-state index is -0.976. The molecule has 12 rings (SSSR count). The van der Waals surface area contributed by atoms with Gasteiger partial charge in [-0.25, -0.2) is 29.3 Å². The van der Waals surface area contributed by atoms with Crippen LogP contribution in [0.1, 0.15) is 50.3 Å². The van der Waals surface area contributed by atoms with Crippen LogP contribution >= 0.6 is 0 Å². The molecule has 0 radical (unpaired) electrons. The van der Waals surface area contributed by atoms with Gasteiger partial charge in [-0.3, -0.25) is 0 Å². The molecule has 16 heteroatoms. The van der Waals surface area contributed by atoms with Crippen molar-refractivity contribution in [2.75, 3.05) is 67.2 Å². The topological polar surface area (TPSA) is 209 Å². The fourth-order valence-corrected chi connectivity index (χ4v) is 8.41. The third kappa shape index (κ3) is 9.83. The number of ether oxygens (including phenoxy) is 1. The molecule has 0 amide bonds. The van der Waals surface area contributed by atoms with Crippen molar-refractivity contribution in [1.82, 2.24) is 15.0 Å². The Kier molecular flexibility index (Phi) is 12.5. The van der Waals surface area contributed by atoms with E-state index < -0.39 is 17.9 Å². The summed E-state index contributed by atoms with van der Waals surface area (Å²) in [5.74, 6) is -1.52. The van der Waals surface area contributed by atoms with Crippen LogP contribution in [0, 0.1) is 0 Å². The first kappa shape index (κ1) is 44.3. The number of carboxylic acid groups (broad SMARTS) is 3. The largest absolute Gasteiger partial charge is 0.478 e. The lowest BCUT2D eigenvalue weighted by Gasteiger charge is -2.32. The molecule has 0 bridgehead atoms. The number of aromatic nitrogens is 3. The summed E-state index contributed by atoms with van der Waals surface area (Å²) in [6.07, 6.45) is 3.67. The van der Waals surface area contributed by atoms with Crippen LogP contribution in [-0.4, -0.2) is 101 Å². The highest BCUT2D eigenvalue weighted by molar-refractivity contribution is 5.93. The molecule has 6 aromatic carbocycles. The van der Waals surface area contributed by atoms with E-state index in [2.05, 4.69) is 35.7 Å². The van der Waals surface area contributed by atoms with Crippen LogP contribution in [0.3, 0.4) is 0 Å². The molecule has 0 saturated carbocycles. The van der Waals surface area contributed by atoms with Crippen LogP contribution in [-0.2, 0) is 4.74 Å². The molecular formula is C53H46N6O10. The van der Waals surface area contributed by atoms with Crippen LogP contribution in [0.2, 0.25) is 0 Å². The molecule has 3 saturated heterocycles. The Morgan fingerprint density at radius 2 is 0.855 bits per heavy atom. The number of hydrogen-bond acceptors (Lipinski definition) is 13. The lowest BCUT2D eigenvalue weighted by atomic mass is 10.1. The summed E-state index contributed by atoms with van der Waals surface area (Å²) in [7, 11) is 0. The van der Waals surface area contributed by atoms with E-state index in [1.54, 1.807) is 54.6 Å². The number of morpholine rings is 1. The lowest BCUT2D eigenvalue weighted by molar-refractivity contribution is 0.0686. The lowest BCUT2D eigenvalue weighted by Crippen LogP contribution is -2.36. The van der Waals surface area contributed by atoms with Gasteiger partial charge in [0.2, 0.25) is 17.7 Å². The zero-order chi connectivity index (χ0) is 47.4. The maximum atomic E-state index is 11.1. The average Bonchev–Trinajstić information content (AvgIpc) is 4.21. The summed E-state index contributed by atoms with van der Waals surface area (Å²) in [5, 5.41) is 27.2. The zero-order valence-electron chi connectivity index (χ0n) is 37.3. The van der Waals surface area contributed by atoms with Crippen molar-refractivity contribution in [2.45, 2.75) is 19.3 Å². The van der Waals surface area contributed by atoms with Gasteiger partial charge in [-0.2, -0.15) is 0 Å². The molecule has 3 N–H and O–H groups in total. The quantitative estimate of drug-likeness (QED) is 0.123. The van der Waals surface area contributed by atoms with E-state index in [0.29, 0.717) is 39.9 Å². The predicted octanol–water partition coefficient (Wildman–Crippen LogP) is 10.2. The Hall–Kier alpha value is -8.50. The van der Waals surface area contributed by atoms with Crippen LogP contribution in [0.15, 0.2) is 141 Å². The highest BCUT2D eigenvalue weighted by Crippen LogP contribution is 2.32. The van der Waals surface area contributed by atoms with E-state index >= 15 is 0 Å². The van der Waals surface area contributed by atoms with Gasteiger partial charge in [0.05, 0.1) is 29.9 Å². The molecule has 9 aromatic rings. The number of nitrogens with zero attached hydrogens (tertiary/aromatic N) is 6. The number of oxazole rings is 3. The Morgan fingerprint density at radius 1 is 0.406 bits per heavy atom. The standard InChI is InChI=1S/C18H16N2O4.C18H16N2O3.C17H14N2O3/c21-18(22)13-3-6-16-15(11-13)19-17(24-16)12-1-4-14(5-2-12)20-7-9-23-10-8-20;21-18(22)13-5-3-4-12(10-13)17-19-15-7-6-14(11-16(15)23-17)20-8-1-2-9-20;20-17(21)12-4-1-3-11(9-12)16-18-14-6-5-13(10-15(14)22-16)19-7-2-8-19/h1-6,11H,7-10H2,(H,21,22);3-7,10-11H,1-2,8-9H2,(H,21,22);1,3-6,9-10H,2,7-8H2,(H,20,21). The van der Waals surface area contributed by atoms with Gasteiger partial charge in [0.1, 0.15) is 16.6 Å². The van der Waals surface area contributed by atoms with Gasteiger partial charge in [-0.05, 0) is 122 Å². The molecular weight excluding hydrogens is 881 g/mol. The summed E-state index contributed by atoms with van der Waals surface area (Å²) >= 11 is 0. The van der Waals surface area contributed by atoms with Gasteiger partial charge >= 0.3 is 17.9 Å². The maximum Gasteiger partial charge on any atom is 0.335 e. The van der Waals surface area contributed by atoms with E-state index in [0.717, 1.165) is 97.3 Å². The molecule has 0 spiro atoms. The number of hydrogen-bond donors (Lipinski definition) is 3. The van der Waals surface area contributed by atoms with Crippen molar-refractivity contribution in [2.24, 2.45) is 0 Å². The van der Waals surface area contributed by atoms with Crippen molar-refractivity contribution in [3.05, 3.63) is 144 Å². The third-order valence-electron chi connectivity index (χ3n) is 12.3. The second-order valence-electron chi connectivity index (χ2n) is 16.8. The molecule has 3 fully saturated rings. The second-order valence-corrected chi connectivity index (χ2v) is 16.8. The Bertz CT molecular complexity index is 3330. The van der Waals surface area contributed by atoms with E-state index in [1.165, 1.54) is 31.4 Å². The summed E-state index contributed by atoms with van der Waals surface area (Å²) in [5.41, 5.74) is 10.4. The monoisotopic (exact) mass is 926 g/mol. The van der Waals surface area contributed by atoms with E-state index in [-0.39, 0.29) is 16.7 Å². The smallest absolute Gasteiger partial charge is 0.335 e. The number of carboxylic acids is 3. The summed E-state index contributed by atoms with van der Waals surface area (Å²) in [6, 6.07) is 37.9. The molecule has 0 aliphatic carbocycles. The van der Waals surface area contributed by atoms with Gasteiger partial charge in [-0.1, -0.05) is 12.1 Å². The van der Waals surface area contributed by atoms with Crippen molar-refractivity contribution >= 4 is 68.3 Å². The molecule has 69 heavy (non-hydrogen) atoms. The normalized spacial score (nSPS) is 14.5. The van der Waals surface area contributed by atoms with Gasteiger partial charge < -0.3 is 48.0 Å². The van der Waals surface area contributed by atoms with E-state index in [4.69, 9.17) is 33.3 Å². The van der Waals surface area contributed by atoms with Crippen LogP contribution in [0.5, 0.6) is 0 Å². The average molecular weight is 927 g/mol. The maximum absolute atomic E-state index is 11.1. The number of benzene rings is 6. The number of fused-ring (bicyclic) bond motifs is 3. The van der Waals surface area contributed by atoms with Crippen LogP contribution in [0.4, 0.5) is 17.1 Å². The fraction of sp³-hybridized carbons (Fsp3) is 0.208. The number of carbonyl (C=O) groups is 3. The first-order valence-corrected chi connectivity index (χ1v) is 22.7. The minimum Gasteiger partial charge on any atom is -0.478 e. The highest BCUT2D eigenvalue weighted by atomic mass is 16.5. The van der Waals surface area contributed by atoms with Crippen molar-refractivity contribution in [3.63, 3.8) is 0 Å². The Balaban J connectivity index is 0.000000120. The summed E-state index contributed by atoms with van der Waals surface area (Å²) in [6.45, 7) is 7.58. The fourth-order valence-electron chi connectivity index (χ4n) is 8.41. The number of anilines is 3. The first-order valence-electron chi connectivity index (χ1n) is 22.7. The zero-order valence-corrected chi connectivity index (χ0v) is 37.3. The van der Waals surface area contributed by atoms with E-state index in [9.17, 15) is 14.4 Å². The van der Waals surface area contributed by atoms with Gasteiger partial charge in [0, 0.05) is 85.2 Å². The molecule has 0 atom stereocenters. The molecule has 0 unspecified atom stereocenters. The minimum absolute atomic E-state index is 0.199. The molecule has 3 aliphatic heterocycles. The highest BCUT2D eigenvalue weighted by Gasteiger charge is 2.19. The Morgan fingerprint density at radius 3 is 1.36 bits per heavy atom. The van der Waals surface area contributed by atoms with Gasteiger partial charge in [0.15, 0.2) is 16.7 Å². The summed E-state index contributed by atoms with van der Waals surface area (Å²) < 4.78 is 22.8. The number of aromatic carboxylic acids is 3. The molecule has 3 aliphatic rings.